The number of allylic oxidation sites excluding steroid dienone is 1. The minimum atomic E-state index is -0.335. The van der Waals surface area contributed by atoms with E-state index >= 15 is 0 Å². The normalized spacial score (nSPS) is 22.4. The smallest absolute Gasteiger partial charge is 0.253 e. The van der Waals surface area contributed by atoms with Gasteiger partial charge in [-0.25, -0.2) is 0 Å². The van der Waals surface area contributed by atoms with Crippen molar-refractivity contribution in [3.63, 3.8) is 0 Å². The number of aromatic nitrogens is 2. The Kier molecular flexibility index (Phi) is 4.66. The zero-order valence-corrected chi connectivity index (χ0v) is 13.9. The molecule has 0 radical (unpaired) electrons. The molecule has 2 aliphatic heterocycles. The lowest BCUT2D eigenvalue weighted by molar-refractivity contribution is -0.137. The van der Waals surface area contributed by atoms with Gasteiger partial charge in [-0.2, -0.15) is 0 Å². The number of rotatable bonds is 3. The van der Waals surface area contributed by atoms with Crippen LogP contribution >= 0.6 is 0 Å². The van der Waals surface area contributed by atoms with Crippen LogP contribution in [-0.2, 0) is 14.3 Å². The summed E-state index contributed by atoms with van der Waals surface area (Å²) in [7, 11) is 0. The van der Waals surface area contributed by atoms with Gasteiger partial charge in [-0.15, -0.1) is 10.2 Å². The molecule has 0 spiro atoms. The van der Waals surface area contributed by atoms with Crippen LogP contribution < -0.4 is 0 Å². The molecule has 1 fully saturated rings. The molecule has 1 aromatic heterocycles. The summed E-state index contributed by atoms with van der Waals surface area (Å²) in [6.07, 6.45) is 1.61. The predicted octanol–water partition coefficient (Wildman–Crippen LogP) is 2.18. The number of amides is 1. The van der Waals surface area contributed by atoms with Crippen LogP contribution in [0.1, 0.15) is 57.4 Å². The molecule has 1 aromatic rings. The van der Waals surface area contributed by atoms with Crippen LogP contribution in [0.3, 0.4) is 0 Å². The van der Waals surface area contributed by atoms with Crippen LogP contribution in [0.2, 0.25) is 0 Å². The largest absolute Gasteiger partial charge is 0.498 e. The topological polar surface area (TPSA) is 77.7 Å². The van der Waals surface area contributed by atoms with E-state index in [0.29, 0.717) is 38.1 Å². The third kappa shape index (κ3) is 3.24. The fourth-order valence-corrected chi connectivity index (χ4v) is 2.83. The molecule has 0 unspecified atom stereocenters. The summed E-state index contributed by atoms with van der Waals surface area (Å²) in [5, 5.41) is 8.19. The van der Waals surface area contributed by atoms with Crippen LogP contribution in [-0.4, -0.2) is 47.4 Å². The molecule has 2 aliphatic rings. The van der Waals surface area contributed by atoms with Crippen LogP contribution in [0.15, 0.2) is 15.7 Å². The van der Waals surface area contributed by atoms with Gasteiger partial charge in [0.15, 0.2) is 0 Å². The van der Waals surface area contributed by atoms with Crippen molar-refractivity contribution in [1.82, 2.24) is 15.1 Å². The summed E-state index contributed by atoms with van der Waals surface area (Å²) in [6.45, 7) is 7.91. The Hall–Kier alpha value is -1.89. The van der Waals surface area contributed by atoms with Crippen molar-refractivity contribution in [2.45, 2.75) is 45.6 Å². The van der Waals surface area contributed by atoms with E-state index in [2.05, 4.69) is 10.2 Å². The molecule has 0 N–H and O–H groups in total. The number of carbonyl (C=O) groups is 1. The van der Waals surface area contributed by atoms with Gasteiger partial charge in [-0.3, -0.25) is 4.79 Å². The van der Waals surface area contributed by atoms with Gasteiger partial charge in [0.25, 0.3) is 5.91 Å². The average Bonchev–Trinajstić information content (AvgIpc) is 3.05. The first-order chi connectivity index (χ1) is 11.1. The zero-order chi connectivity index (χ0) is 16.4. The maximum atomic E-state index is 12.9. The lowest BCUT2D eigenvalue weighted by Crippen LogP contribution is -2.44. The number of nitrogens with zero attached hydrogens (tertiary/aromatic N) is 3. The second kappa shape index (κ2) is 6.70. The second-order valence-electron chi connectivity index (χ2n) is 6.21. The van der Waals surface area contributed by atoms with Crippen molar-refractivity contribution in [2.24, 2.45) is 0 Å². The summed E-state index contributed by atoms with van der Waals surface area (Å²) in [6, 6.07) is -0.335. The highest BCUT2D eigenvalue weighted by Gasteiger charge is 2.35. The molecule has 1 atom stereocenters. The Morgan fingerprint density at radius 1 is 1.30 bits per heavy atom. The van der Waals surface area contributed by atoms with E-state index in [1.807, 2.05) is 20.8 Å². The van der Waals surface area contributed by atoms with Crippen LogP contribution in [0, 0.1) is 0 Å². The summed E-state index contributed by atoms with van der Waals surface area (Å²) >= 11 is 0. The third-order valence-electron chi connectivity index (χ3n) is 4.20. The first-order valence-corrected chi connectivity index (χ1v) is 8.12. The highest BCUT2D eigenvalue weighted by molar-refractivity contribution is 5.94. The van der Waals surface area contributed by atoms with Crippen LogP contribution in [0.4, 0.5) is 0 Å². The molecule has 7 heteroatoms. The molecule has 0 saturated carbocycles. The first kappa shape index (κ1) is 16.0. The molecule has 7 nitrogen and oxygen atoms in total. The Bertz CT molecular complexity index is 608. The fourth-order valence-electron chi connectivity index (χ4n) is 2.83. The van der Waals surface area contributed by atoms with E-state index in [0.717, 1.165) is 24.2 Å². The van der Waals surface area contributed by atoms with Gasteiger partial charge in [0.05, 0.1) is 25.4 Å². The van der Waals surface area contributed by atoms with Crippen molar-refractivity contribution < 1.29 is 18.7 Å². The molecule has 1 saturated heterocycles. The molecule has 0 aliphatic carbocycles. The van der Waals surface area contributed by atoms with Gasteiger partial charge in [-0.1, -0.05) is 13.8 Å². The highest BCUT2D eigenvalue weighted by Crippen LogP contribution is 2.29. The van der Waals surface area contributed by atoms with Crippen LogP contribution in [0.25, 0.3) is 0 Å². The molecule has 0 aromatic carbocycles. The molecule has 0 bridgehead atoms. The average molecular weight is 321 g/mol. The molecule has 3 rings (SSSR count). The predicted molar refractivity (Wildman–Crippen MR) is 81.5 cm³/mol. The monoisotopic (exact) mass is 321 g/mol. The van der Waals surface area contributed by atoms with E-state index in [1.54, 1.807) is 4.90 Å². The number of hydrogen-bond acceptors (Lipinski definition) is 6. The minimum Gasteiger partial charge on any atom is -0.498 e. The zero-order valence-electron chi connectivity index (χ0n) is 13.9. The summed E-state index contributed by atoms with van der Waals surface area (Å²) in [5.74, 6) is 1.88. The highest BCUT2D eigenvalue weighted by atomic mass is 16.5. The second-order valence-corrected chi connectivity index (χ2v) is 6.21. The Labute approximate surface area is 135 Å². The third-order valence-corrected chi connectivity index (χ3v) is 4.20. The quantitative estimate of drug-likeness (QED) is 0.849. The number of morpholine rings is 1. The van der Waals surface area contributed by atoms with E-state index in [4.69, 9.17) is 13.9 Å². The van der Waals surface area contributed by atoms with Gasteiger partial charge < -0.3 is 18.8 Å². The Morgan fingerprint density at radius 2 is 2.13 bits per heavy atom. The van der Waals surface area contributed by atoms with E-state index in [-0.39, 0.29) is 17.9 Å². The number of carbonyl (C=O) groups excluding carboxylic acids is 1. The van der Waals surface area contributed by atoms with Gasteiger partial charge in [0, 0.05) is 12.5 Å². The summed E-state index contributed by atoms with van der Waals surface area (Å²) < 4.78 is 16.8. The van der Waals surface area contributed by atoms with E-state index in [9.17, 15) is 4.79 Å². The summed E-state index contributed by atoms with van der Waals surface area (Å²) in [4.78, 5) is 14.7. The standard InChI is InChI=1S/C16H23N3O4/c1-10(2)14-17-18-15(23-14)13-9-21-8-6-19(13)16(20)12-5-4-7-22-11(12)3/h10,13H,4-9H2,1-3H3/t13-/m1/s1. The van der Waals surface area contributed by atoms with Crippen molar-refractivity contribution in [1.29, 1.82) is 0 Å². The van der Waals surface area contributed by atoms with Gasteiger partial charge in [0.2, 0.25) is 11.8 Å². The van der Waals surface area contributed by atoms with Crippen LogP contribution in [0.5, 0.6) is 0 Å². The molecule has 1 amide bonds. The van der Waals surface area contributed by atoms with E-state index in [1.165, 1.54) is 0 Å². The van der Waals surface area contributed by atoms with Gasteiger partial charge >= 0.3 is 0 Å². The minimum absolute atomic E-state index is 0.0141. The summed E-state index contributed by atoms with van der Waals surface area (Å²) in [5.41, 5.74) is 0.742. The molecule has 23 heavy (non-hydrogen) atoms. The first-order valence-electron chi connectivity index (χ1n) is 8.12. The maximum absolute atomic E-state index is 12.9. The SMILES string of the molecule is CC1=C(C(=O)N2CCOC[C@@H]2c2nnc(C(C)C)o2)CCCO1. The van der Waals surface area contributed by atoms with Crippen molar-refractivity contribution in [2.75, 3.05) is 26.4 Å². The molecular weight excluding hydrogens is 298 g/mol. The van der Waals surface area contributed by atoms with Crippen molar-refractivity contribution in [3.8, 4) is 0 Å². The molecule has 126 valence electrons. The Morgan fingerprint density at radius 3 is 2.83 bits per heavy atom. The van der Waals surface area contributed by atoms with Crippen molar-refractivity contribution in [3.05, 3.63) is 23.1 Å². The van der Waals surface area contributed by atoms with Gasteiger partial charge in [0.1, 0.15) is 11.8 Å². The van der Waals surface area contributed by atoms with Crippen molar-refractivity contribution >= 4 is 5.91 Å². The van der Waals surface area contributed by atoms with E-state index < -0.39 is 0 Å². The molecular formula is C16H23N3O4. The van der Waals surface area contributed by atoms with Gasteiger partial charge in [-0.05, 0) is 19.8 Å². The number of hydrogen-bond donors (Lipinski definition) is 0. The lowest BCUT2D eigenvalue weighted by atomic mass is 10.0. The number of ether oxygens (including phenoxy) is 2. The maximum Gasteiger partial charge on any atom is 0.253 e. The molecule has 3 heterocycles. The lowest BCUT2D eigenvalue weighted by Gasteiger charge is -2.35. The fraction of sp³-hybridized carbons (Fsp3) is 0.688. The Balaban J connectivity index is 1.84.